The summed E-state index contributed by atoms with van der Waals surface area (Å²) in [5.41, 5.74) is 3.35. The molecule has 0 N–H and O–H groups in total. The van der Waals surface area contributed by atoms with E-state index >= 15 is 0 Å². The lowest BCUT2D eigenvalue weighted by atomic mass is 9.97. The van der Waals surface area contributed by atoms with Gasteiger partial charge in [-0.15, -0.1) is 16.4 Å². The van der Waals surface area contributed by atoms with Crippen molar-refractivity contribution < 1.29 is 0 Å². The number of aromatic nitrogens is 5. The van der Waals surface area contributed by atoms with Gasteiger partial charge in [-0.1, -0.05) is 0 Å². The van der Waals surface area contributed by atoms with Gasteiger partial charge in [0, 0.05) is 22.8 Å². The van der Waals surface area contributed by atoms with Gasteiger partial charge in [0.1, 0.15) is 11.2 Å². The van der Waals surface area contributed by atoms with E-state index in [4.69, 9.17) is 4.98 Å². The Hall–Kier alpha value is -2.34. The molecule has 6 heteroatoms. The Morgan fingerprint density at radius 3 is 2.86 bits per heavy atom. The third-order valence-corrected chi connectivity index (χ3v) is 5.43. The first kappa shape index (κ1) is 12.2. The quantitative estimate of drug-likeness (QED) is 0.541. The molecule has 0 saturated heterocycles. The van der Waals surface area contributed by atoms with Crippen molar-refractivity contribution in [3.8, 4) is 11.4 Å². The van der Waals surface area contributed by atoms with Crippen molar-refractivity contribution in [1.82, 2.24) is 24.6 Å². The van der Waals surface area contributed by atoms with Crippen LogP contribution in [0, 0.1) is 0 Å². The van der Waals surface area contributed by atoms with E-state index in [2.05, 4.69) is 15.1 Å². The maximum Gasteiger partial charge on any atom is 0.182 e. The Balaban J connectivity index is 1.81. The highest BCUT2D eigenvalue weighted by molar-refractivity contribution is 7.19. The van der Waals surface area contributed by atoms with Gasteiger partial charge < -0.3 is 0 Å². The molecule has 4 aromatic heterocycles. The van der Waals surface area contributed by atoms with Crippen LogP contribution in [0.2, 0.25) is 0 Å². The van der Waals surface area contributed by atoms with Gasteiger partial charge >= 0.3 is 0 Å². The van der Waals surface area contributed by atoms with E-state index < -0.39 is 0 Å². The summed E-state index contributed by atoms with van der Waals surface area (Å²) >= 11 is 1.82. The van der Waals surface area contributed by atoms with Crippen molar-refractivity contribution in [3.63, 3.8) is 0 Å². The summed E-state index contributed by atoms with van der Waals surface area (Å²) in [5, 5.41) is 5.79. The smallest absolute Gasteiger partial charge is 0.182 e. The first-order chi connectivity index (χ1) is 10.9. The van der Waals surface area contributed by atoms with Crippen LogP contribution in [0.1, 0.15) is 23.3 Å². The normalized spacial score (nSPS) is 14.5. The van der Waals surface area contributed by atoms with E-state index in [9.17, 15) is 0 Å². The number of pyridine rings is 1. The van der Waals surface area contributed by atoms with Crippen molar-refractivity contribution in [1.29, 1.82) is 0 Å². The lowest BCUT2D eigenvalue weighted by Gasteiger charge is -2.09. The number of fused-ring (bicyclic) bond motifs is 5. The van der Waals surface area contributed by atoms with Crippen LogP contribution in [0.5, 0.6) is 0 Å². The summed E-state index contributed by atoms with van der Waals surface area (Å²) in [7, 11) is 0. The summed E-state index contributed by atoms with van der Waals surface area (Å²) in [5.74, 6) is 0.729. The third kappa shape index (κ3) is 1.70. The number of thiophene rings is 1. The average molecular weight is 307 g/mol. The Labute approximate surface area is 130 Å². The van der Waals surface area contributed by atoms with Crippen LogP contribution in [-0.4, -0.2) is 24.6 Å². The van der Waals surface area contributed by atoms with Crippen LogP contribution in [0.15, 0.2) is 30.9 Å². The molecule has 0 amide bonds. The number of aryl methyl sites for hydroxylation is 2. The monoisotopic (exact) mass is 307 g/mol. The first-order valence-corrected chi connectivity index (χ1v) is 8.28. The molecule has 4 heterocycles. The molecule has 0 aliphatic heterocycles. The average Bonchev–Trinajstić information content (AvgIpc) is 3.16. The predicted molar refractivity (Wildman–Crippen MR) is 86.0 cm³/mol. The van der Waals surface area contributed by atoms with E-state index in [-0.39, 0.29) is 0 Å². The maximum atomic E-state index is 4.78. The van der Waals surface area contributed by atoms with Crippen LogP contribution >= 0.6 is 11.3 Å². The largest absolute Gasteiger partial charge is 0.265 e. The topological polar surface area (TPSA) is 56.0 Å². The zero-order chi connectivity index (χ0) is 14.5. The zero-order valence-electron chi connectivity index (χ0n) is 11.9. The first-order valence-electron chi connectivity index (χ1n) is 7.46. The highest BCUT2D eigenvalue weighted by Crippen LogP contribution is 2.37. The van der Waals surface area contributed by atoms with E-state index in [0.717, 1.165) is 28.3 Å². The van der Waals surface area contributed by atoms with Crippen LogP contribution in [-0.2, 0) is 12.8 Å². The standard InChI is InChI=1S/C16H13N5S/c1-2-4-12-11(3-1)13-15-19-14(10-5-7-17-8-6-10)20-21(15)9-18-16(13)22-12/h5-9H,1-4H2. The fraction of sp³-hybridized carbons (Fsp3) is 0.250. The predicted octanol–water partition coefficient (Wildman–Crippen LogP) is 3.28. The Bertz CT molecular complexity index is 986. The highest BCUT2D eigenvalue weighted by atomic mass is 32.1. The van der Waals surface area contributed by atoms with Crippen LogP contribution in [0.3, 0.4) is 0 Å². The van der Waals surface area contributed by atoms with Crippen LogP contribution in [0.4, 0.5) is 0 Å². The lowest BCUT2D eigenvalue weighted by Crippen LogP contribution is -1.99. The second-order valence-corrected chi connectivity index (χ2v) is 6.66. The van der Waals surface area contributed by atoms with Gasteiger partial charge in [0.05, 0.1) is 5.39 Å². The van der Waals surface area contributed by atoms with E-state index in [1.165, 1.54) is 35.1 Å². The second-order valence-electron chi connectivity index (χ2n) is 5.58. The molecule has 0 aromatic carbocycles. The number of hydrogen-bond donors (Lipinski definition) is 0. The minimum absolute atomic E-state index is 0.729. The Morgan fingerprint density at radius 1 is 1.09 bits per heavy atom. The van der Waals surface area contributed by atoms with Gasteiger partial charge in [-0.05, 0) is 43.4 Å². The molecule has 0 spiro atoms. The Morgan fingerprint density at radius 2 is 1.95 bits per heavy atom. The molecule has 22 heavy (non-hydrogen) atoms. The fourth-order valence-corrected chi connectivity index (χ4v) is 4.40. The van der Waals surface area contributed by atoms with Crippen molar-refractivity contribution in [2.45, 2.75) is 25.7 Å². The van der Waals surface area contributed by atoms with Gasteiger partial charge in [-0.3, -0.25) is 4.98 Å². The minimum Gasteiger partial charge on any atom is -0.265 e. The summed E-state index contributed by atoms with van der Waals surface area (Å²) < 4.78 is 1.81. The van der Waals surface area contributed by atoms with Crippen molar-refractivity contribution in [3.05, 3.63) is 41.3 Å². The highest BCUT2D eigenvalue weighted by Gasteiger charge is 2.20. The van der Waals surface area contributed by atoms with E-state index in [0.29, 0.717) is 0 Å². The molecule has 4 aromatic rings. The SMILES string of the molecule is c1cc(-c2nc3c4c5c(sc4ncn3n2)CCCC5)ccn1. The molecular formula is C16H13N5S. The summed E-state index contributed by atoms with van der Waals surface area (Å²) in [4.78, 5) is 16.0. The molecule has 0 radical (unpaired) electrons. The Kier molecular flexibility index (Phi) is 2.54. The van der Waals surface area contributed by atoms with Crippen LogP contribution in [0.25, 0.3) is 27.3 Å². The second kappa shape index (κ2) is 4.58. The molecule has 108 valence electrons. The number of hydrogen-bond acceptors (Lipinski definition) is 5. The molecule has 0 unspecified atom stereocenters. The molecule has 5 nitrogen and oxygen atoms in total. The van der Waals surface area contributed by atoms with Crippen LogP contribution < -0.4 is 0 Å². The van der Waals surface area contributed by atoms with E-state index in [1.54, 1.807) is 23.2 Å². The summed E-state index contributed by atoms with van der Waals surface area (Å²) in [6.07, 6.45) is 10.2. The molecule has 0 fully saturated rings. The van der Waals surface area contributed by atoms with Gasteiger partial charge in [0.25, 0.3) is 0 Å². The number of rotatable bonds is 1. The molecule has 0 atom stereocenters. The van der Waals surface area contributed by atoms with Gasteiger partial charge in [0.15, 0.2) is 11.5 Å². The van der Waals surface area contributed by atoms with E-state index in [1.807, 2.05) is 23.5 Å². The molecule has 5 rings (SSSR count). The van der Waals surface area contributed by atoms with Gasteiger partial charge in [-0.25, -0.2) is 14.5 Å². The molecule has 1 aliphatic carbocycles. The summed E-state index contributed by atoms with van der Waals surface area (Å²) in [6.45, 7) is 0. The summed E-state index contributed by atoms with van der Waals surface area (Å²) in [6, 6.07) is 3.87. The fourth-order valence-electron chi connectivity index (χ4n) is 3.18. The van der Waals surface area contributed by atoms with Crippen molar-refractivity contribution in [2.24, 2.45) is 0 Å². The minimum atomic E-state index is 0.729. The maximum absolute atomic E-state index is 4.78. The van der Waals surface area contributed by atoms with Crippen molar-refractivity contribution >= 4 is 27.2 Å². The zero-order valence-corrected chi connectivity index (χ0v) is 12.7. The van der Waals surface area contributed by atoms with Gasteiger partial charge in [0.2, 0.25) is 0 Å². The van der Waals surface area contributed by atoms with Gasteiger partial charge in [-0.2, -0.15) is 0 Å². The third-order valence-electron chi connectivity index (χ3n) is 4.23. The molecular weight excluding hydrogens is 294 g/mol. The number of nitrogens with zero attached hydrogens (tertiary/aromatic N) is 5. The molecule has 0 bridgehead atoms. The lowest BCUT2D eigenvalue weighted by molar-refractivity contribution is 0.700. The molecule has 1 aliphatic rings. The van der Waals surface area contributed by atoms with Crippen molar-refractivity contribution in [2.75, 3.05) is 0 Å². The molecule has 0 saturated carbocycles.